The van der Waals surface area contributed by atoms with Gasteiger partial charge in [-0.05, 0) is 31.2 Å². The van der Waals surface area contributed by atoms with Gasteiger partial charge in [0.05, 0.1) is 18.8 Å². The number of nitrogens with zero attached hydrogens (tertiary/aromatic N) is 2. The monoisotopic (exact) mass is 350 g/mol. The zero-order valence-corrected chi connectivity index (χ0v) is 13.9. The number of rotatable bonds is 8. The highest BCUT2D eigenvalue weighted by Gasteiger charge is 2.13. The lowest BCUT2D eigenvalue weighted by molar-refractivity contribution is -0.140. The van der Waals surface area contributed by atoms with Crippen LogP contribution in [0.1, 0.15) is 12.6 Å². The average Bonchev–Trinajstić information content (AvgIpc) is 2.60. The lowest BCUT2D eigenvalue weighted by atomic mass is 10.3. The Kier molecular flexibility index (Phi) is 6.21. The zero-order valence-electron chi connectivity index (χ0n) is 13.1. The van der Waals surface area contributed by atoms with Crippen LogP contribution in [0.15, 0.2) is 47.6 Å². The van der Waals surface area contributed by atoms with Crippen molar-refractivity contribution in [2.45, 2.75) is 18.4 Å². The van der Waals surface area contributed by atoms with Crippen LogP contribution in [0.4, 0.5) is 5.82 Å². The maximum absolute atomic E-state index is 12.1. The molecule has 2 aromatic rings. The fourth-order valence-corrected chi connectivity index (χ4v) is 2.77. The van der Waals surface area contributed by atoms with Crippen molar-refractivity contribution >= 4 is 21.8 Å². The predicted molar refractivity (Wildman–Crippen MR) is 87.6 cm³/mol. The Labute approximate surface area is 140 Å². The highest BCUT2D eigenvalue weighted by atomic mass is 32.2. The summed E-state index contributed by atoms with van der Waals surface area (Å²) in [5.74, 6) is 0.0723. The molecule has 0 saturated heterocycles. The zero-order chi connectivity index (χ0) is 17.4. The SMILES string of the molecule is CCOC(=O)CNc1cccc(CNS(=O)(=O)c2cccnc2)n1. The smallest absolute Gasteiger partial charge is 0.325 e. The van der Waals surface area contributed by atoms with E-state index in [4.69, 9.17) is 4.74 Å². The Morgan fingerprint density at radius 2 is 2.08 bits per heavy atom. The van der Waals surface area contributed by atoms with Crippen molar-refractivity contribution < 1.29 is 17.9 Å². The molecule has 0 atom stereocenters. The van der Waals surface area contributed by atoms with Crippen molar-refractivity contribution in [3.63, 3.8) is 0 Å². The molecule has 128 valence electrons. The van der Waals surface area contributed by atoms with Crippen LogP contribution in [0.5, 0.6) is 0 Å². The molecule has 0 unspecified atom stereocenters. The summed E-state index contributed by atoms with van der Waals surface area (Å²) in [7, 11) is -3.65. The normalized spacial score (nSPS) is 11.0. The molecule has 0 spiro atoms. The van der Waals surface area contributed by atoms with Gasteiger partial charge in [-0.15, -0.1) is 0 Å². The second-order valence-corrected chi connectivity index (χ2v) is 6.45. The molecule has 0 aliphatic carbocycles. The van der Waals surface area contributed by atoms with Gasteiger partial charge < -0.3 is 10.1 Å². The van der Waals surface area contributed by atoms with Crippen LogP contribution in [-0.4, -0.2) is 37.5 Å². The van der Waals surface area contributed by atoms with Crippen molar-refractivity contribution in [3.05, 3.63) is 48.4 Å². The Morgan fingerprint density at radius 3 is 2.79 bits per heavy atom. The molecule has 0 aromatic carbocycles. The lowest BCUT2D eigenvalue weighted by Gasteiger charge is -2.08. The second kappa shape index (κ2) is 8.37. The Bertz CT molecular complexity index is 781. The van der Waals surface area contributed by atoms with E-state index in [2.05, 4.69) is 20.0 Å². The first-order valence-electron chi connectivity index (χ1n) is 7.26. The van der Waals surface area contributed by atoms with Gasteiger partial charge in [0, 0.05) is 12.4 Å². The first-order chi connectivity index (χ1) is 11.5. The van der Waals surface area contributed by atoms with E-state index in [9.17, 15) is 13.2 Å². The number of pyridine rings is 2. The van der Waals surface area contributed by atoms with E-state index in [1.165, 1.54) is 18.5 Å². The number of sulfonamides is 1. The van der Waals surface area contributed by atoms with Crippen LogP contribution in [0.2, 0.25) is 0 Å². The number of carbonyl (C=O) groups is 1. The number of carbonyl (C=O) groups excluding carboxylic acids is 1. The van der Waals surface area contributed by atoms with Gasteiger partial charge in [-0.25, -0.2) is 18.1 Å². The summed E-state index contributed by atoms with van der Waals surface area (Å²) in [6, 6.07) is 8.08. The molecule has 9 heteroatoms. The van der Waals surface area contributed by atoms with Gasteiger partial charge in [0.15, 0.2) is 0 Å². The predicted octanol–water partition coefficient (Wildman–Crippen LogP) is 0.930. The van der Waals surface area contributed by atoms with Crippen LogP contribution in [0, 0.1) is 0 Å². The van der Waals surface area contributed by atoms with Gasteiger partial charge in [-0.1, -0.05) is 6.07 Å². The highest BCUT2D eigenvalue weighted by molar-refractivity contribution is 7.89. The molecule has 24 heavy (non-hydrogen) atoms. The molecule has 2 aromatic heterocycles. The summed E-state index contributed by atoms with van der Waals surface area (Å²) < 4.78 is 31.5. The maximum atomic E-state index is 12.1. The summed E-state index contributed by atoms with van der Waals surface area (Å²) in [6.07, 6.45) is 2.77. The quantitative estimate of drug-likeness (QED) is 0.681. The molecule has 8 nitrogen and oxygen atoms in total. The third kappa shape index (κ3) is 5.28. The number of ether oxygens (including phenoxy) is 1. The Balaban J connectivity index is 1.96. The molecular formula is C15H18N4O4S. The standard InChI is InChI=1S/C15H18N4O4S/c1-2-23-15(20)11-17-14-7-3-5-12(19-14)9-18-24(21,22)13-6-4-8-16-10-13/h3-8,10,18H,2,9,11H2,1H3,(H,17,19). The van der Waals surface area contributed by atoms with E-state index in [1.54, 1.807) is 31.2 Å². The Morgan fingerprint density at radius 1 is 1.25 bits per heavy atom. The average molecular weight is 350 g/mol. The summed E-state index contributed by atoms with van der Waals surface area (Å²) >= 11 is 0. The molecule has 2 heterocycles. The summed E-state index contributed by atoms with van der Waals surface area (Å²) in [5.41, 5.74) is 0.510. The van der Waals surface area contributed by atoms with Crippen molar-refractivity contribution in [1.29, 1.82) is 0 Å². The van der Waals surface area contributed by atoms with Crippen LogP contribution in [0.3, 0.4) is 0 Å². The molecule has 0 bridgehead atoms. The van der Waals surface area contributed by atoms with Gasteiger partial charge in [-0.2, -0.15) is 0 Å². The molecule has 2 rings (SSSR count). The van der Waals surface area contributed by atoms with Crippen LogP contribution in [0.25, 0.3) is 0 Å². The molecular weight excluding hydrogens is 332 g/mol. The third-order valence-electron chi connectivity index (χ3n) is 2.91. The van der Waals surface area contributed by atoms with Crippen LogP contribution >= 0.6 is 0 Å². The number of anilines is 1. The largest absolute Gasteiger partial charge is 0.465 e. The number of aromatic nitrogens is 2. The first-order valence-corrected chi connectivity index (χ1v) is 8.74. The molecule has 0 saturated carbocycles. The second-order valence-electron chi connectivity index (χ2n) is 4.69. The topological polar surface area (TPSA) is 110 Å². The van der Waals surface area contributed by atoms with Crippen molar-refractivity contribution in [1.82, 2.24) is 14.7 Å². The summed E-state index contributed by atoms with van der Waals surface area (Å²) in [5, 5.41) is 2.83. The van der Waals surface area contributed by atoms with E-state index >= 15 is 0 Å². The van der Waals surface area contributed by atoms with Gasteiger partial charge in [0.2, 0.25) is 10.0 Å². The molecule has 0 radical (unpaired) electrons. The fraction of sp³-hybridized carbons (Fsp3) is 0.267. The van der Waals surface area contributed by atoms with E-state index in [-0.39, 0.29) is 24.0 Å². The molecule has 0 aliphatic heterocycles. The van der Waals surface area contributed by atoms with E-state index in [0.717, 1.165) is 0 Å². The molecule has 0 fully saturated rings. The van der Waals surface area contributed by atoms with Crippen molar-refractivity contribution in [3.8, 4) is 0 Å². The molecule has 0 amide bonds. The van der Waals surface area contributed by atoms with Crippen molar-refractivity contribution in [2.24, 2.45) is 0 Å². The fourth-order valence-electron chi connectivity index (χ4n) is 1.81. The highest BCUT2D eigenvalue weighted by Crippen LogP contribution is 2.08. The van der Waals surface area contributed by atoms with Gasteiger partial charge >= 0.3 is 5.97 Å². The van der Waals surface area contributed by atoms with E-state index in [0.29, 0.717) is 18.1 Å². The summed E-state index contributed by atoms with van der Waals surface area (Å²) in [4.78, 5) is 19.4. The van der Waals surface area contributed by atoms with E-state index in [1.807, 2.05) is 0 Å². The van der Waals surface area contributed by atoms with Gasteiger partial charge in [0.1, 0.15) is 17.3 Å². The minimum Gasteiger partial charge on any atom is -0.465 e. The Hall–Kier alpha value is -2.52. The minimum atomic E-state index is -3.65. The van der Waals surface area contributed by atoms with Gasteiger partial charge in [0.25, 0.3) is 0 Å². The molecule has 0 aliphatic rings. The number of hydrogen-bond acceptors (Lipinski definition) is 7. The molecule has 2 N–H and O–H groups in total. The van der Waals surface area contributed by atoms with Crippen LogP contribution < -0.4 is 10.0 Å². The van der Waals surface area contributed by atoms with Crippen LogP contribution in [-0.2, 0) is 26.1 Å². The number of nitrogens with one attached hydrogen (secondary N) is 2. The maximum Gasteiger partial charge on any atom is 0.325 e. The number of esters is 1. The third-order valence-corrected chi connectivity index (χ3v) is 4.30. The number of hydrogen-bond donors (Lipinski definition) is 2. The van der Waals surface area contributed by atoms with E-state index < -0.39 is 10.0 Å². The first kappa shape index (κ1) is 17.8. The van der Waals surface area contributed by atoms with Gasteiger partial charge in [-0.3, -0.25) is 9.78 Å². The minimum absolute atomic E-state index is 0.00823. The van der Waals surface area contributed by atoms with Crippen molar-refractivity contribution in [2.75, 3.05) is 18.5 Å². The summed E-state index contributed by atoms with van der Waals surface area (Å²) in [6.45, 7) is 2.05. The lowest BCUT2D eigenvalue weighted by Crippen LogP contribution is -2.24.